The molecule has 0 aliphatic carbocycles. The maximum absolute atomic E-state index is 10.6. The Kier molecular flexibility index (Phi) is 4.46. The molecule has 0 aromatic heterocycles. The van der Waals surface area contributed by atoms with Crippen LogP contribution in [0.25, 0.3) is 10.8 Å². The van der Waals surface area contributed by atoms with Gasteiger partial charge in [0.1, 0.15) is 0 Å². The highest BCUT2D eigenvalue weighted by atomic mass is 16.3. The molecule has 2 aromatic rings. The fourth-order valence-electron chi connectivity index (χ4n) is 2.58. The number of hydrogen-bond acceptors (Lipinski definition) is 2. The van der Waals surface area contributed by atoms with Gasteiger partial charge >= 0.3 is 0 Å². The molecule has 2 unspecified atom stereocenters. The van der Waals surface area contributed by atoms with Crippen molar-refractivity contribution < 1.29 is 5.11 Å². The number of hydrogen-bond donors (Lipinski definition) is 2. The second-order valence-corrected chi connectivity index (χ2v) is 6.46. The fourth-order valence-corrected chi connectivity index (χ4v) is 2.58. The first-order valence-electron chi connectivity index (χ1n) is 7.35. The minimum atomic E-state index is -0.483. The van der Waals surface area contributed by atoms with Gasteiger partial charge in [-0.25, -0.2) is 0 Å². The van der Waals surface area contributed by atoms with Crippen molar-refractivity contribution in [1.29, 1.82) is 0 Å². The molecule has 0 saturated carbocycles. The quantitative estimate of drug-likeness (QED) is 0.879. The lowest BCUT2D eigenvalue weighted by atomic mass is 9.95. The maximum Gasteiger partial charge on any atom is 0.0943 e. The molecule has 20 heavy (non-hydrogen) atoms. The molecule has 2 aromatic carbocycles. The summed E-state index contributed by atoms with van der Waals surface area (Å²) < 4.78 is 0. The average Bonchev–Trinajstić information content (AvgIpc) is 2.42. The third kappa shape index (κ3) is 3.59. The van der Waals surface area contributed by atoms with Gasteiger partial charge in [-0.15, -0.1) is 0 Å². The first-order valence-corrected chi connectivity index (χ1v) is 7.35. The van der Waals surface area contributed by atoms with E-state index in [0.29, 0.717) is 0 Å². The molecule has 0 bridgehead atoms. The fraction of sp³-hybridized carbons (Fsp3) is 0.444. The molecule has 0 saturated heterocycles. The molecule has 0 aliphatic heterocycles. The van der Waals surface area contributed by atoms with Crippen LogP contribution in [0.1, 0.15) is 45.8 Å². The van der Waals surface area contributed by atoms with Crippen LogP contribution in [0.5, 0.6) is 0 Å². The van der Waals surface area contributed by atoms with Gasteiger partial charge in [0, 0.05) is 11.6 Å². The molecular weight excluding hydrogens is 246 g/mol. The Labute approximate surface area is 121 Å². The van der Waals surface area contributed by atoms with E-state index in [1.54, 1.807) is 0 Å². The van der Waals surface area contributed by atoms with Crippen LogP contribution in [0, 0.1) is 0 Å². The van der Waals surface area contributed by atoms with Crippen LogP contribution < -0.4 is 5.32 Å². The molecule has 108 valence electrons. The van der Waals surface area contributed by atoms with E-state index in [-0.39, 0.29) is 11.6 Å². The third-order valence-corrected chi connectivity index (χ3v) is 3.55. The minimum Gasteiger partial charge on any atom is -0.387 e. The molecule has 2 nitrogen and oxygen atoms in total. The Bertz CT molecular complexity index is 571. The van der Waals surface area contributed by atoms with Crippen LogP contribution in [-0.4, -0.2) is 16.7 Å². The molecule has 0 fully saturated rings. The van der Waals surface area contributed by atoms with Gasteiger partial charge in [-0.3, -0.25) is 0 Å². The van der Waals surface area contributed by atoms with Crippen LogP contribution in [-0.2, 0) is 0 Å². The van der Waals surface area contributed by atoms with Crippen LogP contribution in [0.2, 0.25) is 0 Å². The number of fused-ring (bicyclic) bond motifs is 1. The number of rotatable bonds is 4. The summed E-state index contributed by atoms with van der Waals surface area (Å²) in [6.45, 7) is 8.49. The molecule has 0 heterocycles. The van der Waals surface area contributed by atoms with Crippen molar-refractivity contribution in [1.82, 2.24) is 5.32 Å². The van der Waals surface area contributed by atoms with E-state index in [4.69, 9.17) is 0 Å². The van der Waals surface area contributed by atoms with E-state index in [1.165, 1.54) is 10.8 Å². The largest absolute Gasteiger partial charge is 0.387 e. The predicted octanol–water partition coefficient (Wildman–Crippen LogP) is 4.04. The normalized spacial score (nSPS) is 15.2. The lowest BCUT2D eigenvalue weighted by molar-refractivity contribution is 0.111. The Hall–Kier alpha value is -1.38. The van der Waals surface area contributed by atoms with Crippen molar-refractivity contribution in [2.24, 2.45) is 0 Å². The maximum atomic E-state index is 10.6. The van der Waals surface area contributed by atoms with Gasteiger partial charge in [0.15, 0.2) is 0 Å². The van der Waals surface area contributed by atoms with E-state index >= 15 is 0 Å². The lowest BCUT2D eigenvalue weighted by Crippen LogP contribution is -2.46. The zero-order valence-corrected chi connectivity index (χ0v) is 12.9. The molecule has 2 atom stereocenters. The average molecular weight is 271 g/mol. The molecule has 2 heteroatoms. The topological polar surface area (TPSA) is 32.3 Å². The highest BCUT2D eigenvalue weighted by Crippen LogP contribution is 2.24. The Balaban J connectivity index is 2.27. The van der Waals surface area contributed by atoms with Gasteiger partial charge in [0.25, 0.3) is 0 Å². The number of nitrogens with one attached hydrogen (secondary N) is 1. The van der Waals surface area contributed by atoms with Gasteiger partial charge in [0.2, 0.25) is 0 Å². The number of benzene rings is 2. The van der Waals surface area contributed by atoms with Crippen molar-refractivity contribution in [3.05, 3.63) is 48.0 Å². The Morgan fingerprint density at radius 1 is 1.05 bits per heavy atom. The van der Waals surface area contributed by atoms with Crippen LogP contribution in [0.3, 0.4) is 0 Å². The first kappa shape index (κ1) is 15.0. The Morgan fingerprint density at radius 3 is 2.30 bits per heavy atom. The van der Waals surface area contributed by atoms with Crippen molar-refractivity contribution in [3.63, 3.8) is 0 Å². The summed E-state index contributed by atoms with van der Waals surface area (Å²) in [4.78, 5) is 0. The second-order valence-electron chi connectivity index (χ2n) is 6.46. The van der Waals surface area contributed by atoms with Gasteiger partial charge in [-0.05, 0) is 49.6 Å². The van der Waals surface area contributed by atoms with Crippen LogP contribution in [0.4, 0.5) is 0 Å². The van der Waals surface area contributed by atoms with E-state index in [9.17, 15) is 5.11 Å². The molecule has 0 aliphatic rings. The minimum absolute atomic E-state index is 0.00148. The van der Waals surface area contributed by atoms with E-state index in [2.05, 4.69) is 57.3 Å². The summed E-state index contributed by atoms with van der Waals surface area (Å²) in [5.74, 6) is 0. The van der Waals surface area contributed by atoms with Crippen molar-refractivity contribution in [2.45, 2.75) is 51.8 Å². The zero-order valence-electron chi connectivity index (χ0n) is 12.9. The summed E-state index contributed by atoms with van der Waals surface area (Å²) in [6, 6.07) is 14.5. The summed E-state index contributed by atoms with van der Waals surface area (Å²) in [6.07, 6.45) is 0.412. The molecule has 0 radical (unpaired) electrons. The van der Waals surface area contributed by atoms with Gasteiger partial charge in [-0.1, -0.05) is 43.3 Å². The van der Waals surface area contributed by atoms with E-state index in [1.807, 2.05) is 18.2 Å². The third-order valence-electron chi connectivity index (χ3n) is 3.55. The lowest BCUT2D eigenvalue weighted by Gasteiger charge is -2.31. The van der Waals surface area contributed by atoms with Crippen LogP contribution in [0.15, 0.2) is 42.5 Å². The van der Waals surface area contributed by atoms with Crippen molar-refractivity contribution in [2.75, 3.05) is 0 Å². The molecular formula is C18H25NO. The molecule has 0 spiro atoms. The predicted molar refractivity (Wildman–Crippen MR) is 85.9 cm³/mol. The molecule has 0 amide bonds. The number of aliphatic hydroxyl groups excluding tert-OH is 1. The highest BCUT2D eigenvalue weighted by Gasteiger charge is 2.23. The first-order chi connectivity index (χ1) is 9.40. The zero-order chi connectivity index (χ0) is 14.8. The van der Waals surface area contributed by atoms with E-state index < -0.39 is 6.10 Å². The van der Waals surface area contributed by atoms with Gasteiger partial charge < -0.3 is 10.4 Å². The smallest absolute Gasteiger partial charge is 0.0943 e. The summed E-state index contributed by atoms with van der Waals surface area (Å²) >= 11 is 0. The van der Waals surface area contributed by atoms with Crippen molar-refractivity contribution >= 4 is 10.8 Å². The van der Waals surface area contributed by atoms with Gasteiger partial charge in [0.05, 0.1) is 6.10 Å². The summed E-state index contributed by atoms with van der Waals surface area (Å²) in [5, 5.41) is 16.5. The standard InChI is InChI=1S/C18H25NO/c1-5-16(19-18(2,3)4)17(20)15-11-10-13-8-6-7-9-14(13)12-15/h6-12,16-17,19-20H,5H2,1-4H3. The highest BCUT2D eigenvalue weighted by molar-refractivity contribution is 5.83. The summed E-state index contributed by atoms with van der Waals surface area (Å²) in [7, 11) is 0. The molecule has 2 rings (SSSR count). The van der Waals surface area contributed by atoms with E-state index in [0.717, 1.165) is 12.0 Å². The SMILES string of the molecule is CCC(NC(C)(C)C)C(O)c1ccc2ccccc2c1. The van der Waals surface area contributed by atoms with Crippen LogP contribution >= 0.6 is 0 Å². The monoisotopic (exact) mass is 271 g/mol. The van der Waals surface area contributed by atoms with Gasteiger partial charge in [-0.2, -0.15) is 0 Å². The van der Waals surface area contributed by atoms with Crippen molar-refractivity contribution in [3.8, 4) is 0 Å². The number of aliphatic hydroxyl groups is 1. The Morgan fingerprint density at radius 2 is 1.70 bits per heavy atom. The molecule has 2 N–H and O–H groups in total. The second kappa shape index (κ2) is 5.94. The summed E-state index contributed by atoms with van der Waals surface area (Å²) in [5.41, 5.74) is 0.977.